The highest BCUT2D eigenvalue weighted by atomic mass is 19.4. The highest BCUT2D eigenvalue weighted by molar-refractivity contribution is 5.38. The summed E-state index contributed by atoms with van der Waals surface area (Å²) in [5.41, 5.74) is 3.32. The summed E-state index contributed by atoms with van der Waals surface area (Å²) in [7, 11) is 0. The minimum atomic E-state index is -4.56. The first kappa shape index (κ1) is 25.9. The van der Waals surface area contributed by atoms with Crippen LogP contribution in [-0.2, 0) is 4.74 Å². The Labute approximate surface area is 201 Å². The number of likely N-dealkylation sites (tertiary alicyclic amines) is 1. The molecule has 4 aliphatic rings. The van der Waals surface area contributed by atoms with Crippen molar-refractivity contribution in [1.82, 2.24) is 4.90 Å². The number of rotatable bonds is 5. The molecule has 1 heterocycles. The monoisotopic (exact) mass is 483 g/mol. The molecule has 34 heavy (non-hydrogen) atoms. The number of fused-ring (bicyclic) bond motifs is 1. The van der Waals surface area contributed by atoms with Crippen LogP contribution in [0.15, 0.2) is 35.5 Å². The van der Waals surface area contributed by atoms with Crippen molar-refractivity contribution in [3.05, 3.63) is 35.5 Å². The number of halogens is 3. The lowest BCUT2D eigenvalue weighted by atomic mass is 9.61. The molecule has 1 aliphatic heterocycles. The summed E-state index contributed by atoms with van der Waals surface area (Å²) in [6.07, 6.45) is 4.81. The van der Waals surface area contributed by atoms with Crippen LogP contribution < -0.4 is 0 Å². The Kier molecular flexibility index (Phi) is 7.68. The molecular formula is C27H40F3NO3. The number of hydrogen-bond acceptors (Lipinski definition) is 4. The van der Waals surface area contributed by atoms with Gasteiger partial charge in [-0.2, -0.15) is 0 Å². The van der Waals surface area contributed by atoms with E-state index in [-0.39, 0.29) is 5.41 Å². The van der Waals surface area contributed by atoms with E-state index in [1.165, 1.54) is 12.0 Å². The first-order chi connectivity index (χ1) is 16.0. The Balaban J connectivity index is 1.41. The van der Waals surface area contributed by atoms with Gasteiger partial charge in [-0.3, -0.25) is 4.74 Å². The minimum absolute atomic E-state index is 0.201. The van der Waals surface area contributed by atoms with Gasteiger partial charge in [0.1, 0.15) is 0 Å². The fraction of sp³-hybridized carbons (Fsp3) is 0.778. The van der Waals surface area contributed by atoms with Crippen LogP contribution in [0.25, 0.3) is 0 Å². The number of hydrogen-bond donors (Lipinski definition) is 2. The van der Waals surface area contributed by atoms with E-state index in [0.717, 1.165) is 43.4 Å². The molecule has 4 rings (SSSR count). The van der Waals surface area contributed by atoms with Crippen LogP contribution in [0.4, 0.5) is 13.2 Å². The van der Waals surface area contributed by atoms with Gasteiger partial charge in [0.15, 0.2) is 0 Å². The molecule has 0 spiro atoms. The summed E-state index contributed by atoms with van der Waals surface area (Å²) >= 11 is 0. The molecule has 192 valence electrons. The number of alkyl halides is 3. The second-order valence-electron chi connectivity index (χ2n) is 11.4. The van der Waals surface area contributed by atoms with E-state index in [4.69, 9.17) is 0 Å². The van der Waals surface area contributed by atoms with Crippen molar-refractivity contribution in [2.24, 2.45) is 23.2 Å². The maximum absolute atomic E-state index is 12.6. The predicted molar refractivity (Wildman–Crippen MR) is 126 cm³/mol. The first-order valence-corrected chi connectivity index (χ1v) is 12.9. The van der Waals surface area contributed by atoms with E-state index in [1.54, 1.807) is 0 Å². The van der Waals surface area contributed by atoms with E-state index in [2.05, 4.69) is 42.2 Å². The van der Waals surface area contributed by atoms with Crippen LogP contribution in [0, 0.1) is 23.2 Å². The lowest BCUT2D eigenvalue weighted by Crippen LogP contribution is -2.39. The smallest absolute Gasteiger partial charge is 0.393 e. The van der Waals surface area contributed by atoms with Crippen LogP contribution in [0.2, 0.25) is 0 Å². The summed E-state index contributed by atoms with van der Waals surface area (Å²) < 4.78 is 42.0. The third kappa shape index (κ3) is 5.63. The molecule has 0 aromatic heterocycles. The van der Waals surface area contributed by atoms with E-state index in [0.29, 0.717) is 50.1 Å². The zero-order valence-electron chi connectivity index (χ0n) is 20.5. The molecule has 0 aromatic carbocycles. The molecule has 0 aromatic rings. The molecule has 1 unspecified atom stereocenters. The van der Waals surface area contributed by atoms with Crippen LogP contribution in [0.5, 0.6) is 0 Å². The van der Waals surface area contributed by atoms with Crippen molar-refractivity contribution in [1.29, 1.82) is 0 Å². The van der Waals surface area contributed by atoms with Crippen molar-refractivity contribution in [3.8, 4) is 0 Å². The summed E-state index contributed by atoms with van der Waals surface area (Å²) in [5.74, 6) is 1.47. The molecule has 7 heteroatoms. The highest BCUT2D eigenvalue weighted by Crippen LogP contribution is 2.59. The lowest BCUT2D eigenvalue weighted by Gasteiger charge is -2.45. The van der Waals surface area contributed by atoms with Crippen molar-refractivity contribution in [2.45, 2.75) is 89.9 Å². The lowest BCUT2D eigenvalue weighted by molar-refractivity contribution is -0.340. The van der Waals surface area contributed by atoms with Gasteiger partial charge < -0.3 is 15.1 Å². The number of ether oxygens (including phenoxy) is 1. The fourth-order valence-corrected chi connectivity index (χ4v) is 7.46. The normalized spacial score (nSPS) is 40.8. The van der Waals surface area contributed by atoms with Crippen LogP contribution in [-0.4, -0.2) is 59.4 Å². The molecule has 7 atom stereocenters. The van der Waals surface area contributed by atoms with Gasteiger partial charge in [0.2, 0.25) is 0 Å². The van der Waals surface area contributed by atoms with Crippen LogP contribution >= 0.6 is 0 Å². The summed E-state index contributed by atoms with van der Waals surface area (Å²) in [6, 6.07) is 0. The molecule has 0 radical (unpaired) electrons. The molecule has 3 saturated carbocycles. The molecular weight excluding hydrogens is 443 g/mol. The van der Waals surface area contributed by atoms with Gasteiger partial charge in [-0.15, -0.1) is 13.2 Å². The average Bonchev–Trinajstić information content (AvgIpc) is 3.31. The summed E-state index contributed by atoms with van der Waals surface area (Å²) in [5, 5.41) is 20.2. The SMILES string of the molecule is C=C1/C(=C\C=C2/CCC[C@]3(C)[C@@H](C(C)CN4CC[C@H](OC(F)(F)F)C4)CC[C@@H]23)C[C@@H](O)C[C@@H]1O. The van der Waals surface area contributed by atoms with Crippen molar-refractivity contribution >= 4 is 0 Å². The van der Waals surface area contributed by atoms with Gasteiger partial charge in [-0.05, 0) is 79.3 Å². The van der Waals surface area contributed by atoms with E-state index in [9.17, 15) is 23.4 Å². The zero-order chi connectivity index (χ0) is 24.7. The Morgan fingerprint density at radius 1 is 1.24 bits per heavy atom. The first-order valence-electron chi connectivity index (χ1n) is 12.9. The topological polar surface area (TPSA) is 52.9 Å². The van der Waals surface area contributed by atoms with Crippen molar-refractivity contribution in [3.63, 3.8) is 0 Å². The number of allylic oxidation sites excluding steroid dienone is 3. The fourth-order valence-electron chi connectivity index (χ4n) is 7.46. The maximum Gasteiger partial charge on any atom is 0.522 e. The van der Waals surface area contributed by atoms with Gasteiger partial charge >= 0.3 is 6.36 Å². The Bertz CT molecular complexity index is 822. The standard InChI is InChI=1S/C27H40F3NO3/c1-17(15-31-12-10-22(16-31)34-27(28,29)30)23-8-9-24-19(5-4-11-26(23,24)3)6-7-20-13-21(32)14-25(33)18(20)2/h6-7,17,21-25,32-33H,2,4-5,8-16H2,1,3H3/b19-6+,20-7-/t17?,21-,22+,23-,24+,25+,26-/m1/s1. The van der Waals surface area contributed by atoms with Gasteiger partial charge in [0.05, 0.1) is 18.3 Å². The van der Waals surface area contributed by atoms with Gasteiger partial charge in [0.25, 0.3) is 0 Å². The average molecular weight is 484 g/mol. The second-order valence-corrected chi connectivity index (χ2v) is 11.4. The molecule has 2 N–H and O–H groups in total. The van der Waals surface area contributed by atoms with Gasteiger partial charge in [-0.25, -0.2) is 0 Å². The Morgan fingerprint density at radius 3 is 2.74 bits per heavy atom. The van der Waals surface area contributed by atoms with Crippen molar-refractivity contribution < 1.29 is 28.1 Å². The number of aliphatic hydroxyl groups excluding tert-OH is 2. The Morgan fingerprint density at radius 2 is 2.00 bits per heavy atom. The third-order valence-corrected chi connectivity index (χ3v) is 9.06. The maximum atomic E-state index is 12.6. The Hall–Kier alpha value is -1.15. The molecule has 0 amide bonds. The second kappa shape index (κ2) is 10.1. The predicted octanol–water partition coefficient (Wildman–Crippen LogP) is 5.37. The van der Waals surface area contributed by atoms with E-state index < -0.39 is 24.7 Å². The number of aliphatic hydroxyl groups is 2. The molecule has 3 aliphatic carbocycles. The van der Waals surface area contributed by atoms with Gasteiger partial charge in [0, 0.05) is 26.1 Å². The third-order valence-electron chi connectivity index (χ3n) is 9.06. The van der Waals surface area contributed by atoms with Gasteiger partial charge in [-0.1, -0.05) is 38.2 Å². The van der Waals surface area contributed by atoms with Crippen LogP contribution in [0.1, 0.15) is 65.2 Å². The quantitative estimate of drug-likeness (QED) is 0.552. The van der Waals surface area contributed by atoms with Crippen molar-refractivity contribution in [2.75, 3.05) is 19.6 Å². The number of nitrogens with zero attached hydrogens (tertiary/aromatic N) is 1. The largest absolute Gasteiger partial charge is 0.522 e. The summed E-state index contributed by atoms with van der Waals surface area (Å²) in [6.45, 7) is 10.6. The van der Waals surface area contributed by atoms with E-state index in [1.807, 2.05) is 0 Å². The zero-order valence-corrected chi connectivity index (χ0v) is 20.5. The van der Waals surface area contributed by atoms with Crippen LogP contribution in [0.3, 0.4) is 0 Å². The van der Waals surface area contributed by atoms with E-state index >= 15 is 0 Å². The highest BCUT2D eigenvalue weighted by Gasteiger charge is 2.51. The minimum Gasteiger partial charge on any atom is -0.393 e. The summed E-state index contributed by atoms with van der Waals surface area (Å²) in [4.78, 5) is 2.15. The molecule has 4 nitrogen and oxygen atoms in total. The molecule has 1 saturated heterocycles. The molecule has 0 bridgehead atoms. The molecule has 4 fully saturated rings.